The Balaban J connectivity index is 0.00000184. The molecule has 0 fully saturated rings. The third kappa shape index (κ3) is 4.85. The van der Waals surface area contributed by atoms with Crippen LogP contribution in [0.5, 0.6) is 0 Å². The zero-order chi connectivity index (χ0) is 28.1. The van der Waals surface area contributed by atoms with Gasteiger partial charge in [-0.15, -0.1) is 0 Å². The van der Waals surface area contributed by atoms with E-state index in [-0.39, 0.29) is 20.3 Å². The van der Waals surface area contributed by atoms with Crippen LogP contribution in [0, 0.1) is 5.92 Å². The van der Waals surface area contributed by atoms with Crippen molar-refractivity contribution in [3.8, 4) is 22.3 Å². The molecule has 3 aliphatic rings. The van der Waals surface area contributed by atoms with Gasteiger partial charge in [0.05, 0.1) is 8.07 Å². The van der Waals surface area contributed by atoms with Crippen molar-refractivity contribution in [2.45, 2.75) is 70.1 Å². The van der Waals surface area contributed by atoms with Crippen molar-refractivity contribution < 1.29 is 20.3 Å². The van der Waals surface area contributed by atoms with Crippen LogP contribution in [0.2, 0.25) is 13.1 Å². The third-order valence-corrected chi connectivity index (χ3v) is 14.5. The van der Waals surface area contributed by atoms with E-state index in [1.165, 1.54) is 65.5 Å². The van der Waals surface area contributed by atoms with Gasteiger partial charge in [0.25, 0.3) is 0 Å². The van der Waals surface area contributed by atoms with Gasteiger partial charge in [0.1, 0.15) is 0 Å². The van der Waals surface area contributed by atoms with Crippen molar-refractivity contribution in [3.05, 3.63) is 130 Å². The van der Waals surface area contributed by atoms with E-state index in [2.05, 4.69) is 130 Å². The van der Waals surface area contributed by atoms with Crippen LogP contribution in [0.1, 0.15) is 79.0 Å². The number of aryl methyl sites for hydroxylation is 2. The van der Waals surface area contributed by atoms with Crippen molar-refractivity contribution in [1.29, 1.82) is 0 Å². The molecule has 7 rings (SSSR count). The summed E-state index contributed by atoms with van der Waals surface area (Å²) in [4.78, 5) is 0. The van der Waals surface area contributed by atoms with Gasteiger partial charge in [0.2, 0.25) is 0 Å². The van der Waals surface area contributed by atoms with Crippen LogP contribution in [-0.4, -0.2) is 8.07 Å². The van der Waals surface area contributed by atoms with Gasteiger partial charge >= 0.3 is 18.9 Å². The number of allylic oxidation sites excluding steroid dienone is 3. The summed E-state index contributed by atoms with van der Waals surface area (Å²) in [6, 6.07) is 32.1. The number of rotatable bonds is 7. The Morgan fingerprint density at radius 2 is 1.45 bits per heavy atom. The minimum Gasteiger partial charge on any atom is -1.00 e. The van der Waals surface area contributed by atoms with Crippen LogP contribution >= 0.6 is 0 Å². The van der Waals surface area contributed by atoms with E-state index in [4.69, 9.17) is 0 Å². The zero-order valence-corrected chi connectivity index (χ0v) is 27.1. The van der Waals surface area contributed by atoms with Crippen LogP contribution in [-0.2, 0) is 12.8 Å². The molecule has 0 saturated heterocycles. The zero-order valence-electron chi connectivity index (χ0n) is 27.1. The smallest absolute Gasteiger partial charge is 1.00 e. The molecule has 0 aromatic heterocycles. The fourth-order valence-electron chi connectivity index (χ4n) is 8.14. The largest absolute Gasteiger partial charge is 1.00 e. The maximum Gasteiger partial charge on any atom is 1.00 e. The molecule has 0 radical (unpaired) electrons. The van der Waals surface area contributed by atoms with Crippen LogP contribution in [0.3, 0.4) is 0 Å². The molecule has 0 heterocycles. The second kappa shape index (κ2) is 11.7. The van der Waals surface area contributed by atoms with Gasteiger partial charge in [0.15, 0.2) is 0 Å². The topological polar surface area (TPSA) is 0 Å². The quantitative estimate of drug-likeness (QED) is 0.201. The van der Waals surface area contributed by atoms with Gasteiger partial charge in [-0.25, -0.2) is 0 Å². The first kappa shape index (κ1) is 29.3. The van der Waals surface area contributed by atoms with Crippen molar-refractivity contribution in [2.75, 3.05) is 0 Å². The summed E-state index contributed by atoms with van der Waals surface area (Å²) in [7, 11) is -1.85. The SMILES string of the molecule is CCCC(C)C1=CC([Si](C)(C)C2C=Cc3c(-c4ccccc4-c4ccccc4)cccc32)c2cc3c(cc21)CCC3.[H-].[Li+]. The molecule has 4 aromatic carbocycles. The molecular formula is C40H43LiSi. The second-order valence-electron chi connectivity index (χ2n) is 13.2. The van der Waals surface area contributed by atoms with Crippen LogP contribution in [0.25, 0.3) is 33.9 Å². The van der Waals surface area contributed by atoms with Crippen molar-refractivity contribution >= 4 is 19.7 Å². The molecule has 3 aliphatic carbocycles. The fourth-order valence-corrected chi connectivity index (χ4v) is 11.8. The molecule has 0 saturated carbocycles. The van der Waals surface area contributed by atoms with E-state index in [9.17, 15) is 0 Å². The minimum atomic E-state index is -1.85. The van der Waals surface area contributed by atoms with Crippen LogP contribution in [0.15, 0.2) is 97.1 Å². The average Bonchev–Trinajstić information content (AvgIpc) is 3.73. The summed E-state index contributed by atoms with van der Waals surface area (Å²) in [6.45, 7) is 10.1. The van der Waals surface area contributed by atoms with E-state index >= 15 is 0 Å². The molecule has 0 nitrogen and oxygen atoms in total. The Hall–Kier alpha value is -2.83. The molecule has 0 aliphatic heterocycles. The maximum atomic E-state index is 2.74. The van der Waals surface area contributed by atoms with E-state index in [0.717, 1.165) is 0 Å². The van der Waals surface area contributed by atoms with Crippen molar-refractivity contribution in [1.82, 2.24) is 0 Å². The fraction of sp³-hybridized carbons (Fsp3) is 0.300. The molecule has 4 aromatic rings. The van der Waals surface area contributed by atoms with Gasteiger partial charge in [-0.1, -0.05) is 137 Å². The number of hydrogen-bond donors (Lipinski definition) is 0. The summed E-state index contributed by atoms with van der Waals surface area (Å²) in [5, 5.41) is 0. The molecule has 0 bridgehead atoms. The summed E-state index contributed by atoms with van der Waals surface area (Å²) in [6.07, 6.45) is 14.1. The molecule has 42 heavy (non-hydrogen) atoms. The van der Waals surface area contributed by atoms with E-state index in [1.807, 2.05) is 0 Å². The number of fused-ring (bicyclic) bond motifs is 3. The van der Waals surface area contributed by atoms with Crippen molar-refractivity contribution in [3.63, 3.8) is 0 Å². The van der Waals surface area contributed by atoms with E-state index < -0.39 is 8.07 Å². The third-order valence-electron chi connectivity index (χ3n) is 10.3. The number of benzene rings is 4. The standard InChI is InChI=1S/C40H42Si.Li.H/c1-5-13-27(2)36-26-40(38-25-30-17-11-16-29(30)24-37(36)38)41(3,4)39-23-22-34-33(20-12-21-35(34)39)32-19-10-9-18-31(32)28-14-7-6-8-15-28;;/h6-10,12,14-15,18-27,39-40H,5,11,13,16-17H2,1-4H3;;/q;+1;-1. The van der Waals surface area contributed by atoms with Crippen molar-refractivity contribution in [2.24, 2.45) is 5.92 Å². The summed E-state index contributed by atoms with van der Waals surface area (Å²) in [5.74, 6) is 0.625. The Bertz CT molecular complexity index is 1680. The first-order valence-electron chi connectivity index (χ1n) is 15.8. The van der Waals surface area contributed by atoms with Gasteiger partial charge in [-0.05, 0) is 104 Å². The predicted octanol–water partition coefficient (Wildman–Crippen LogP) is 8.14. The molecular weight excluding hydrogens is 515 g/mol. The van der Waals surface area contributed by atoms with Gasteiger partial charge < -0.3 is 1.43 Å². The first-order chi connectivity index (χ1) is 20.0. The first-order valence-corrected chi connectivity index (χ1v) is 19.0. The number of hydrogen-bond acceptors (Lipinski definition) is 0. The normalized spacial score (nSPS) is 19.1. The molecule has 208 valence electrons. The van der Waals surface area contributed by atoms with E-state index in [0.29, 0.717) is 17.0 Å². The molecule has 3 atom stereocenters. The van der Waals surface area contributed by atoms with Gasteiger partial charge in [-0.2, -0.15) is 0 Å². The Morgan fingerprint density at radius 1 is 0.762 bits per heavy atom. The van der Waals surface area contributed by atoms with Gasteiger partial charge in [0, 0.05) is 0 Å². The molecule has 0 spiro atoms. The Morgan fingerprint density at radius 3 is 2.21 bits per heavy atom. The summed E-state index contributed by atoms with van der Waals surface area (Å²) >= 11 is 0. The minimum absolute atomic E-state index is 0. The Kier molecular flexibility index (Phi) is 8.14. The monoisotopic (exact) mass is 558 g/mol. The Labute approximate surface area is 267 Å². The molecule has 0 amide bonds. The van der Waals surface area contributed by atoms with Crippen LogP contribution < -0.4 is 18.9 Å². The molecule has 2 heteroatoms. The molecule has 3 unspecified atom stereocenters. The second-order valence-corrected chi connectivity index (χ2v) is 18.1. The molecule has 0 N–H and O–H groups in total. The summed E-state index contributed by atoms with van der Waals surface area (Å²) < 4.78 is 0. The summed E-state index contributed by atoms with van der Waals surface area (Å²) in [5.41, 5.74) is 17.4. The average molecular weight is 559 g/mol. The predicted molar refractivity (Wildman–Crippen MR) is 181 cm³/mol. The van der Waals surface area contributed by atoms with E-state index in [1.54, 1.807) is 27.8 Å². The maximum absolute atomic E-state index is 2.74. The van der Waals surface area contributed by atoms with Crippen LogP contribution in [0.4, 0.5) is 0 Å². The van der Waals surface area contributed by atoms with Gasteiger partial charge in [-0.3, -0.25) is 0 Å².